The Balaban J connectivity index is 2.43. The van der Waals surface area contributed by atoms with Gasteiger partial charge in [-0.3, -0.25) is 0 Å². The maximum Gasteiger partial charge on any atom is 0.129 e. The van der Waals surface area contributed by atoms with E-state index in [9.17, 15) is 9.50 Å². The summed E-state index contributed by atoms with van der Waals surface area (Å²) in [6, 6.07) is 6.54. The zero-order valence-corrected chi connectivity index (χ0v) is 8.33. The van der Waals surface area contributed by atoms with Crippen LogP contribution in [0.3, 0.4) is 0 Å². The molecule has 1 aliphatic carbocycles. The van der Waals surface area contributed by atoms with E-state index in [1.165, 1.54) is 6.07 Å². The molecule has 0 amide bonds. The van der Waals surface area contributed by atoms with Gasteiger partial charge in [0, 0.05) is 5.56 Å². The fourth-order valence-corrected chi connectivity index (χ4v) is 2.38. The summed E-state index contributed by atoms with van der Waals surface area (Å²) in [7, 11) is 0. The van der Waals surface area contributed by atoms with Gasteiger partial charge in [-0.2, -0.15) is 0 Å². The van der Waals surface area contributed by atoms with Crippen LogP contribution >= 0.6 is 0 Å². The van der Waals surface area contributed by atoms with Crippen LogP contribution < -0.4 is 0 Å². The third-order valence-corrected chi connectivity index (χ3v) is 3.35. The van der Waals surface area contributed by atoms with Crippen LogP contribution in [0.4, 0.5) is 4.39 Å². The number of hydrogen-bond donors (Lipinski definition) is 1. The number of benzene rings is 1. The summed E-state index contributed by atoms with van der Waals surface area (Å²) < 4.78 is 13.5. The van der Waals surface area contributed by atoms with Crippen molar-refractivity contribution in [1.29, 1.82) is 0 Å². The minimum Gasteiger partial charge on any atom is -0.385 e. The molecule has 1 aromatic carbocycles. The lowest BCUT2D eigenvalue weighted by Crippen LogP contribution is -2.29. The molecule has 1 aromatic rings. The summed E-state index contributed by atoms with van der Waals surface area (Å²) in [4.78, 5) is 0. The Labute approximate surface area is 83.6 Å². The zero-order chi connectivity index (χ0) is 10.2. The third-order valence-electron chi connectivity index (χ3n) is 3.35. The van der Waals surface area contributed by atoms with Gasteiger partial charge in [-0.15, -0.1) is 0 Å². The Hall–Kier alpha value is -0.890. The summed E-state index contributed by atoms with van der Waals surface area (Å²) in [5.74, 6) is -0.136. The summed E-state index contributed by atoms with van der Waals surface area (Å²) >= 11 is 0. The molecule has 1 fully saturated rings. The molecule has 0 bridgehead atoms. The van der Waals surface area contributed by atoms with Gasteiger partial charge in [-0.1, -0.05) is 25.1 Å². The highest BCUT2D eigenvalue weighted by Crippen LogP contribution is 2.43. The monoisotopic (exact) mass is 194 g/mol. The molecule has 1 aliphatic rings. The zero-order valence-electron chi connectivity index (χ0n) is 8.33. The first-order valence-corrected chi connectivity index (χ1v) is 5.12. The molecule has 0 aromatic heterocycles. The fraction of sp³-hybridized carbons (Fsp3) is 0.500. The van der Waals surface area contributed by atoms with E-state index in [0.717, 1.165) is 12.8 Å². The topological polar surface area (TPSA) is 20.2 Å². The van der Waals surface area contributed by atoms with E-state index in [0.29, 0.717) is 12.0 Å². The van der Waals surface area contributed by atoms with E-state index < -0.39 is 5.60 Å². The first-order chi connectivity index (χ1) is 6.64. The van der Waals surface area contributed by atoms with E-state index in [4.69, 9.17) is 0 Å². The molecule has 14 heavy (non-hydrogen) atoms. The van der Waals surface area contributed by atoms with Crippen LogP contribution in [-0.4, -0.2) is 5.11 Å². The standard InChI is InChI=1S/C12H15FO/c1-9-5-4-8-12(9,14)10-6-2-3-7-11(10)13/h2-3,6-7,9,14H,4-5,8H2,1H3/t9-,12+/m1/s1. The maximum atomic E-state index is 13.5. The number of aliphatic hydroxyl groups is 1. The lowest BCUT2D eigenvalue weighted by Gasteiger charge is -2.28. The molecule has 1 nitrogen and oxygen atoms in total. The van der Waals surface area contributed by atoms with Gasteiger partial charge in [0.05, 0.1) is 5.60 Å². The van der Waals surface area contributed by atoms with Crippen LogP contribution in [0.1, 0.15) is 31.7 Å². The first kappa shape index (κ1) is 9.66. The van der Waals surface area contributed by atoms with E-state index >= 15 is 0 Å². The van der Waals surface area contributed by atoms with Crippen molar-refractivity contribution in [2.24, 2.45) is 5.92 Å². The first-order valence-electron chi connectivity index (χ1n) is 5.12. The Bertz CT molecular complexity index is 337. The lowest BCUT2D eigenvalue weighted by molar-refractivity contribution is 0.00121. The second kappa shape index (κ2) is 3.35. The number of halogens is 1. The van der Waals surface area contributed by atoms with E-state index in [1.54, 1.807) is 18.2 Å². The van der Waals surface area contributed by atoms with Crippen molar-refractivity contribution in [3.63, 3.8) is 0 Å². The van der Waals surface area contributed by atoms with Crippen LogP contribution in [-0.2, 0) is 5.60 Å². The van der Waals surface area contributed by atoms with Crippen molar-refractivity contribution in [3.8, 4) is 0 Å². The van der Waals surface area contributed by atoms with Gasteiger partial charge in [-0.05, 0) is 31.2 Å². The molecule has 0 saturated heterocycles. The Morgan fingerprint density at radius 1 is 1.43 bits per heavy atom. The molecule has 0 unspecified atom stereocenters. The second-order valence-electron chi connectivity index (χ2n) is 4.20. The van der Waals surface area contributed by atoms with Gasteiger partial charge < -0.3 is 5.11 Å². The van der Waals surface area contributed by atoms with E-state index in [2.05, 4.69) is 0 Å². The van der Waals surface area contributed by atoms with Gasteiger partial charge in [0.1, 0.15) is 5.82 Å². The Morgan fingerprint density at radius 3 is 2.71 bits per heavy atom. The summed E-state index contributed by atoms with van der Waals surface area (Å²) in [5, 5.41) is 10.4. The molecule has 76 valence electrons. The average Bonchev–Trinajstić information content (AvgIpc) is 2.49. The van der Waals surface area contributed by atoms with Crippen LogP contribution in [0, 0.1) is 11.7 Å². The highest BCUT2D eigenvalue weighted by molar-refractivity contribution is 5.26. The molecular formula is C12H15FO. The molecule has 2 rings (SSSR count). The number of rotatable bonds is 1. The molecule has 2 atom stereocenters. The summed E-state index contributed by atoms with van der Waals surface area (Å²) in [6.07, 6.45) is 2.63. The summed E-state index contributed by atoms with van der Waals surface area (Å²) in [6.45, 7) is 1.99. The van der Waals surface area contributed by atoms with Gasteiger partial charge in [0.25, 0.3) is 0 Å². The molecule has 2 heteroatoms. The normalized spacial score (nSPS) is 32.1. The van der Waals surface area contributed by atoms with Crippen molar-refractivity contribution in [2.75, 3.05) is 0 Å². The van der Waals surface area contributed by atoms with Crippen molar-refractivity contribution >= 4 is 0 Å². The average molecular weight is 194 g/mol. The highest BCUT2D eigenvalue weighted by Gasteiger charge is 2.41. The molecule has 0 heterocycles. The lowest BCUT2D eigenvalue weighted by atomic mass is 9.85. The van der Waals surface area contributed by atoms with Gasteiger partial charge in [0.15, 0.2) is 0 Å². The molecule has 1 N–H and O–H groups in total. The maximum absolute atomic E-state index is 13.5. The molecule has 0 radical (unpaired) electrons. The van der Waals surface area contributed by atoms with Crippen molar-refractivity contribution in [3.05, 3.63) is 35.6 Å². The number of hydrogen-bond acceptors (Lipinski definition) is 1. The molecular weight excluding hydrogens is 179 g/mol. The highest BCUT2D eigenvalue weighted by atomic mass is 19.1. The fourth-order valence-electron chi connectivity index (χ4n) is 2.38. The van der Waals surface area contributed by atoms with E-state index in [-0.39, 0.29) is 11.7 Å². The van der Waals surface area contributed by atoms with Crippen LogP contribution in [0.25, 0.3) is 0 Å². The van der Waals surface area contributed by atoms with Crippen molar-refractivity contribution < 1.29 is 9.50 Å². The van der Waals surface area contributed by atoms with Crippen molar-refractivity contribution in [2.45, 2.75) is 31.8 Å². The smallest absolute Gasteiger partial charge is 0.129 e. The Morgan fingerprint density at radius 2 is 2.14 bits per heavy atom. The molecule has 0 spiro atoms. The second-order valence-corrected chi connectivity index (χ2v) is 4.20. The predicted octanol–water partition coefficient (Wildman–Crippen LogP) is 2.83. The van der Waals surface area contributed by atoms with Crippen LogP contribution in [0.2, 0.25) is 0 Å². The molecule has 0 aliphatic heterocycles. The minimum atomic E-state index is -0.939. The van der Waals surface area contributed by atoms with Crippen LogP contribution in [0.5, 0.6) is 0 Å². The summed E-state index contributed by atoms with van der Waals surface area (Å²) in [5.41, 5.74) is -0.476. The van der Waals surface area contributed by atoms with Crippen molar-refractivity contribution in [1.82, 2.24) is 0 Å². The molecule has 1 saturated carbocycles. The predicted molar refractivity (Wildman–Crippen MR) is 53.3 cm³/mol. The van der Waals surface area contributed by atoms with Gasteiger partial charge >= 0.3 is 0 Å². The van der Waals surface area contributed by atoms with Gasteiger partial charge in [-0.25, -0.2) is 4.39 Å². The van der Waals surface area contributed by atoms with Crippen LogP contribution in [0.15, 0.2) is 24.3 Å². The third kappa shape index (κ3) is 1.34. The van der Waals surface area contributed by atoms with E-state index in [1.807, 2.05) is 6.92 Å². The SMILES string of the molecule is C[C@@H]1CCC[C@@]1(O)c1ccccc1F. The quantitative estimate of drug-likeness (QED) is 0.728. The minimum absolute atomic E-state index is 0.152. The largest absolute Gasteiger partial charge is 0.385 e. The Kier molecular flexibility index (Phi) is 2.31. The van der Waals surface area contributed by atoms with Gasteiger partial charge in [0.2, 0.25) is 0 Å².